The monoisotopic (exact) mass is 289 g/mol. The lowest BCUT2D eigenvalue weighted by Gasteiger charge is -2.39. The molecular weight excluding hydrogens is 262 g/mol. The molecule has 1 amide bonds. The molecular formula is C17H27N3O. The maximum atomic E-state index is 13.0. The number of piperidine rings is 1. The van der Waals surface area contributed by atoms with Crippen molar-refractivity contribution < 1.29 is 4.79 Å². The Hall–Kier alpha value is -1.42. The number of hydrogen-bond acceptors (Lipinski definition) is 3. The smallest absolute Gasteiger partial charge is 0.230 e. The quantitative estimate of drug-likeness (QED) is 0.906. The van der Waals surface area contributed by atoms with E-state index in [-0.39, 0.29) is 11.3 Å². The zero-order chi connectivity index (χ0) is 15.3. The first-order valence-electron chi connectivity index (χ1n) is 8.04. The van der Waals surface area contributed by atoms with Crippen molar-refractivity contribution in [2.75, 3.05) is 19.6 Å². The van der Waals surface area contributed by atoms with Gasteiger partial charge in [-0.2, -0.15) is 0 Å². The number of nitrogens with zero attached hydrogens (tertiary/aromatic N) is 2. The van der Waals surface area contributed by atoms with E-state index in [0.717, 1.165) is 50.3 Å². The molecule has 0 saturated carbocycles. The molecule has 0 radical (unpaired) electrons. The van der Waals surface area contributed by atoms with Crippen LogP contribution in [0.2, 0.25) is 0 Å². The highest BCUT2D eigenvalue weighted by atomic mass is 16.2. The van der Waals surface area contributed by atoms with Gasteiger partial charge in [-0.1, -0.05) is 13.0 Å². The van der Waals surface area contributed by atoms with Gasteiger partial charge in [0.2, 0.25) is 5.91 Å². The largest absolute Gasteiger partial charge is 0.337 e. The summed E-state index contributed by atoms with van der Waals surface area (Å²) in [6, 6.07) is 5.99. The lowest BCUT2D eigenvalue weighted by Crippen LogP contribution is -2.51. The fraction of sp³-hybridized carbons (Fsp3) is 0.647. The summed E-state index contributed by atoms with van der Waals surface area (Å²) in [6.07, 6.45) is 2.98. The molecule has 1 N–H and O–H groups in total. The van der Waals surface area contributed by atoms with E-state index in [4.69, 9.17) is 0 Å². The van der Waals surface area contributed by atoms with Gasteiger partial charge in [0.25, 0.3) is 0 Å². The van der Waals surface area contributed by atoms with E-state index in [9.17, 15) is 4.79 Å². The van der Waals surface area contributed by atoms with E-state index in [2.05, 4.69) is 17.2 Å². The van der Waals surface area contributed by atoms with Crippen molar-refractivity contribution in [2.24, 2.45) is 5.41 Å². The Kier molecular flexibility index (Phi) is 5.34. The molecule has 2 rings (SSSR count). The highest BCUT2D eigenvalue weighted by Crippen LogP contribution is 2.32. The third-order valence-corrected chi connectivity index (χ3v) is 4.57. The molecule has 4 heteroatoms. The molecule has 1 aliphatic rings. The SMILES string of the molecule is CCN(Cc1cccc(C)n1)C(=O)C1(CC)CCCNC1. The van der Waals surface area contributed by atoms with Crippen molar-refractivity contribution in [1.82, 2.24) is 15.2 Å². The predicted molar refractivity (Wildman–Crippen MR) is 84.9 cm³/mol. The Bertz CT molecular complexity index is 481. The normalized spacial score (nSPS) is 22.0. The molecule has 1 saturated heterocycles. The molecule has 1 aromatic rings. The fourth-order valence-corrected chi connectivity index (χ4v) is 3.15. The number of nitrogens with one attached hydrogen (secondary N) is 1. The van der Waals surface area contributed by atoms with Crippen LogP contribution in [0.5, 0.6) is 0 Å². The van der Waals surface area contributed by atoms with Crippen molar-refractivity contribution in [3.8, 4) is 0 Å². The van der Waals surface area contributed by atoms with Crippen LogP contribution < -0.4 is 5.32 Å². The highest BCUT2D eigenvalue weighted by Gasteiger charge is 2.40. The van der Waals surface area contributed by atoms with Gasteiger partial charge in [-0.05, 0) is 51.8 Å². The molecule has 0 aromatic carbocycles. The van der Waals surface area contributed by atoms with Gasteiger partial charge < -0.3 is 10.2 Å². The van der Waals surface area contributed by atoms with Crippen LogP contribution in [-0.4, -0.2) is 35.4 Å². The molecule has 1 fully saturated rings. The van der Waals surface area contributed by atoms with Crippen molar-refractivity contribution >= 4 is 5.91 Å². The first kappa shape index (κ1) is 16.0. The van der Waals surface area contributed by atoms with Crippen molar-refractivity contribution in [3.63, 3.8) is 0 Å². The number of amides is 1. The molecule has 116 valence electrons. The number of carbonyl (C=O) groups excluding carboxylic acids is 1. The summed E-state index contributed by atoms with van der Waals surface area (Å²) < 4.78 is 0. The minimum absolute atomic E-state index is 0.224. The van der Waals surface area contributed by atoms with Crippen LogP contribution in [-0.2, 0) is 11.3 Å². The average molecular weight is 289 g/mol. The van der Waals surface area contributed by atoms with Gasteiger partial charge in [0.15, 0.2) is 0 Å². The van der Waals surface area contributed by atoms with E-state index in [1.54, 1.807) is 0 Å². The molecule has 21 heavy (non-hydrogen) atoms. The summed E-state index contributed by atoms with van der Waals surface area (Å²) in [7, 11) is 0. The average Bonchev–Trinajstić information content (AvgIpc) is 2.52. The maximum absolute atomic E-state index is 13.0. The van der Waals surface area contributed by atoms with E-state index in [1.807, 2.05) is 36.9 Å². The minimum atomic E-state index is -0.224. The molecule has 1 atom stereocenters. The zero-order valence-corrected chi connectivity index (χ0v) is 13.5. The van der Waals surface area contributed by atoms with Crippen molar-refractivity contribution in [1.29, 1.82) is 0 Å². The van der Waals surface area contributed by atoms with Gasteiger partial charge in [-0.25, -0.2) is 0 Å². The lowest BCUT2D eigenvalue weighted by atomic mass is 9.77. The summed E-state index contributed by atoms with van der Waals surface area (Å²) in [5.41, 5.74) is 1.75. The summed E-state index contributed by atoms with van der Waals surface area (Å²) in [5, 5.41) is 3.40. The molecule has 1 aliphatic heterocycles. The van der Waals surface area contributed by atoms with Gasteiger partial charge in [0.05, 0.1) is 17.7 Å². The van der Waals surface area contributed by atoms with Crippen LogP contribution in [0.25, 0.3) is 0 Å². The van der Waals surface area contributed by atoms with Crippen LogP contribution in [0.4, 0.5) is 0 Å². The number of hydrogen-bond donors (Lipinski definition) is 1. The Morgan fingerprint density at radius 3 is 2.81 bits per heavy atom. The maximum Gasteiger partial charge on any atom is 0.230 e. The van der Waals surface area contributed by atoms with Crippen LogP contribution in [0.1, 0.15) is 44.5 Å². The topological polar surface area (TPSA) is 45.2 Å². The van der Waals surface area contributed by atoms with Crippen LogP contribution in [0.3, 0.4) is 0 Å². The molecule has 4 nitrogen and oxygen atoms in total. The number of aromatic nitrogens is 1. The van der Waals surface area contributed by atoms with Crippen LogP contribution >= 0.6 is 0 Å². The van der Waals surface area contributed by atoms with E-state index in [0.29, 0.717) is 6.54 Å². The molecule has 2 heterocycles. The highest BCUT2D eigenvalue weighted by molar-refractivity contribution is 5.83. The van der Waals surface area contributed by atoms with Gasteiger partial charge >= 0.3 is 0 Å². The molecule has 0 aliphatic carbocycles. The minimum Gasteiger partial charge on any atom is -0.337 e. The van der Waals surface area contributed by atoms with E-state index in [1.165, 1.54) is 0 Å². The van der Waals surface area contributed by atoms with Gasteiger partial charge in [-0.15, -0.1) is 0 Å². The third kappa shape index (κ3) is 3.62. The second kappa shape index (κ2) is 7.03. The number of aryl methyl sites for hydroxylation is 1. The van der Waals surface area contributed by atoms with Gasteiger partial charge in [-0.3, -0.25) is 9.78 Å². The standard InChI is InChI=1S/C17H27N3O/c1-4-17(10-7-11-18-13-17)16(21)20(5-2)12-15-9-6-8-14(3)19-15/h6,8-9,18H,4-5,7,10-13H2,1-3H3. The van der Waals surface area contributed by atoms with Crippen LogP contribution in [0, 0.1) is 12.3 Å². The number of rotatable bonds is 5. The zero-order valence-electron chi connectivity index (χ0n) is 13.5. The Morgan fingerprint density at radius 1 is 1.43 bits per heavy atom. The molecule has 0 bridgehead atoms. The molecule has 1 aromatic heterocycles. The van der Waals surface area contributed by atoms with Gasteiger partial charge in [0.1, 0.15) is 0 Å². The Morgan fingerprint density at radius 2 is 2.24 bits per heavy atom. The fourth-order valence-electron chi connectivity index (χ4n) is 3.15. The molecule has 0 spiro atoms. The second-order valence-corrected chi connectivity index (χ2v) is 6.00. The van der Waals surface area contributed by atoms with Gasteiger partial charge in [0, 0.05) is 18.8 Å². The Labute approximate surface area is 127 Å². The number of carbonyl (C=O) groups is 1. The van der Waals surface area contributed by atoms with Crippen molar-refractivity contribution in [2.45, 2.75) is 46.6 Å². The predicted octanol–water partition coefficient (Wildman–Crippen LogP) is 2.52. The summed E-state index contributed by atoms with van der Waals surface area (Å²) in [6.45, 7) is 9.34. The summed E-state index contributed by atoms with van der Waals surface area (Å²) in [5.74, 6) is 0.281. The summed E-state index contributed by atoms with van der Waals surface area (Å²) >= 11 is 0. The lowest BCUT2D eigenvalue weighted by molar-refractivity contribution is -0.144. The van der Waals surface area contributed by atoms with Crippen molar-refractivity contribution in [3.05, 3.63) is 29.6 Å². The Balaban J connectivity index is 2.14. The first-order chi connectivity index (χ1) is 10.1. The molecule has 1 unspecified atom stereocenters. The first-order valence-corrected chi connectivity index (χ1v) is 8.04. The van der Waals surface area contributed by atoms with Crippen LogP contribution in [0.15, 0.2) is 18.2 Å². The third-order valence-electron chi connectivity index (χ3n) is 4.57. The number of pyridine rings is 1. The summed E-state index contributed by atoms with van der Waals surface area (Å²) in [4.78, 5) is 19.5. The second-order valence-electron chi connectivity index (χ2n) is 6.00. The van der Waals surface area contributed by atoms with E-state index >= 15 is 0 Å². The van der Waals surface area contributed by atoms with E-state index < -0.39 is 0 Å².